The van der Waals surface area contributed by atoms with E-state index in [1.807, 2.05) is 13.0 Å². The molecule has 0 saturated heterocycles. The number of ketones is 1. The van der Waals surface area contributed by atoms with Crippen LogP contribution in [0.5, 0.6) is 0 Å². The summed E-state index contributed by atoms with van der Waals surface area (Å²) in [6.45, 7) is 5.34. The molecule has 7 nitrogen and oxygen atoms in total. The van der Waals surface area contributed by atoms with E-state index < -0.39 is 17.6 Å². The Kier molecular flexibility index (Phi) is 8.91. The van der Waals surface area contributed by atoms with Gasteiger partial charge in [0.05, 0.1) is 11.3 Å². The van der Waals surface area contributed by atoms with Crippen molar-refractivity contribution in [2.45, 2.75) is 39.8 Å². The van der Waals surface area contributed by atoms with Gasteiger partial charge in [-0.3, -0.25) is 14.6 Å². The number of amides is 1. The highest BCUT2D eigenvalue weighted by Crippen LogP contribution is 2.35. The maximum absolute atomic E-state index is 13.8. The normalized spacial score (nSPS) is 11.1. The highest BCUT2D eigenvalue weighted by atomic mass is 19.4. The number of anilines is 3. The maximum Gasteiger partial charge on any atom is 0.416 e. The Morgan fingerprint density at radius 2 is 1.80 bits per heavy atom. The number of carbonyl (C=O) groups is 2. The van der Waals surface area contributed by atoms with Crippen molar-refractivity contribution in [3.8, 4) is 11.3 Å². The van der Waals surface area contributed by atoms with E-state index in [9.17, 15) is 22.8 Å². The molecule has 0 fully saturated rings. The molecule has 0 spiro atoms. The fourth-order valence-corrected chi connectivity index (χ4v) is 4.10. The molecule has 1 amide bonds. The van der Waals surface area contributed by atoms with Gasteiger partial charge in [-0.2, -0.15) is 13.2 Å². The van der Waals surface area contributed by atoms with Crippen molar-refractivity contribution in [2.75, 3.05) is 10.6 Å². The van der Waals surface area contributed by atoms with Crippen molar-refractivity contribution < 1.29 is 22.8 Å². The zero-order valence-electron chi connectivity index (χ0n) is 22.7. The third kappa shape index (κ3) is 7.84. The van der Waals surface area contributed by atoms with Crippen LogP contribution >= 0.6 is 0 Å². The zero-order chi connectivity index (χ0) is 29.6. The average Bonchev–Trinajstić information content (AvgIpc) is 2.93. The van der Waals surface area contributed by atoms with E-state index in [4.69, 9.17) is 0 Å². The summed E-state index contributed by atoms with van der Waals surface area (Å²) in [5.41, 5.74) is 2.94. The molecule has 4 rings (SSSR count). The lowest BCUT2D eigenvalue weighted by atomic mass is 9.99. The zero-order valence-corrected chi connectivity index (χ0v) is 22.7. The Balaban J connectivity index is 1.52. The summed E-state index contributed by atoms with van der Waals surface area (Å²) in [5.74, 6) is -0.522. The van der Waals surface area contributed by atoms with Gasteiger partial charge >= 0.3 is 6.18 Å². The number of alkyl halides is 3. The maximum atomic E-state index is 13.8. The fraction of sp³-hybridized carbons (Fsp3) is 0.194. The molecular formula is C31H28F3N5O2. The van der Waals surface area contributed by atoms with Gasteiger partial charge in [-0.1, -0.05) is 17.7 Å². The van der Waals surface area contributed by atoms with Crippen molar-refractivity contribution in [2.24, 2.45) is 0 Å². The van der Waals surface area contributed by atoms with Crippen LogP contribution in [0.2, 0.25) is 0 Å². The number of allylic oxidation sites excluding steroid dienone is 2. The number of hydrogen-bond acceptors (Lipinski definition) is 6. The molecule has 41 heavy (non-hydrogen) atoms. The van der Waals surface area contributed by atoms with E-state index >= 15 is 0 Å². The minimum atomic E-state index is -4.65. The van der Waals surface area contributed by atoms with E-state index in [2.05, 4.69) is 25.6 Å². The summed E-state index contributed by atoms with van der Waals surface area (Å²) >= 11 is 0. The summed E-state index contributed by atoms with van der Waals surface area (Å²) < 4.78 is 41.5. The molecule has 2 aromatic heterocycles. The van der Waals surface area contributed by atoms with Gasteiger partial charge in [0.15, 0.2) is 5.78 Å². The Bertz CT molecular complexity index is 1600. The minimum absolute atomic E-state index is 0.00992. The number of nitrogens with one attached hydrogen (secondary N) is 2. The standard InChI is InChI=1S/C31H28F3N5O2/c1-19(2)15-25(40)11-9-21-8-10-24(17-26(21)31(32,33)34)37-29(41)22-7-6-20(3)28(16-22)39-30-36-14-12-27(38-30)23-5-4-13-35-18-23/h4-8,10,12-18H,9,11H2,1-3H3,(H,37,41)(H,36,38,39). The van der Waals surface area contributed by atoms with E-state index in [0.29, 0.717) is 17.3 Å². The Morgan fingerprint density at radius 1 is 1.00 bits per heavy atom. The van der Waals surface area contributed by atoms with Crippen LogP contribution in [0.15, 0.2) is 84.8 Å². The van der Waals surface area contributed by atoms with Gasteiger partial charge < -0.3 is 10.6 Å². The Labute approximate surface area is 235 Å². The van der Waals surface area contributed by atoms with E-state index in [0.717, 1.165) is 22.8 Å². The number of pyridine rings is 1. The van der Waals surface area contributed by atoms with Crippen LogP contribution in [0, 0.1) is 6.92 Å². The third-order valence-electron chi connectivity index (χ3n) is 6.12. The van der Waals surface area contributed by atoms with E-state index in [1.54, 1.807) is 62.8 Å². The largest absolute Gasteiger partial charge is 0.416 e. The second kappa shape index (κ2) is 12.5. The molecule has 0 aliphatic rings. The molecule has 2 N–H and O–H groups in total. The van der Waals surface area contributed by atoms with Gasteiger partial charge in [0.25, 0.3) is 5.91 Å². The van der Waals surface area contributed by atoms with Gasteiger partial charge in [-0.25, -0.2) is 9.97 Å². The predicted molar refractivity (Wildman–Crippen MR) is 152 cm³/mol. The summed E-state index contributed by atoms with van der Waals surface area (Å²) in [6.07, 6.45) is 1.59. The summed E-state index contributed by atoms with van der Waals surface area (Å²) in [4.78, 5) is 37.9. The lowest BCUT2D eigenvalue weighted by molar-refractivity contribution is -0.138. The van der Waals surface area contributed by atoms with E-state index in [1.165, 1.54) is 18.2 Å². The van der Waals surface area contributed by atoms with Crippen LogP contribution in [0.3, 0.4) is 0 Å². The molecule has 0 aliphatic carbocycles. The molecule has 0 bridgehead atoms. The first-order valence-corrected chi connectivity index (χ1v) is 12.8. The molecule has 0 saturated carbocycles. The van der Waals surface area contributed by atoms with Crippen LogP contribution in [0.4, 0.5) is 30.5 Å². The smallest absolute Gasteiger partial charge is 0.324 e. The molecule has 10 heteroatoms. The molecule has 0 atom stereocenters. The Morgan fingerprint density at radius 3 is 2.51 bits per heavy atom. The van der Waals surface area contributed by atoms with Crippen LogP contribution in [0.25, 0.3) is 11.3 Å². The molecule has 0 unspecified atom stereocenters. The number of aryl methyl sites for hydroxylation is 2. The number of aromatic nitrogens is 3. The number of hydrogen-bond donors (Lipinski definition) is 2. The number of nitrogens with zero attached hydrogens (tertiary/aromatic N) is 3. The molecule has 2 aromatic carbocycles. The van der Waals surface area contributed by atoms with Gasteiger partial charge in [-0.05, 0) is 86.9 Å². The molecule has 0 aliphatic heterocycles. The first kappa shape index (κ1) is 29.1. The van der Waals surface area contributed by atoms with E-state index in [-0.39, 0.29) is 35.4 Å². The molecule has 4 aromatic rings. The van der Waals surface area contributed by atoms with Crippen molar-refractivity contribution >= 4 is 29.0 Å². The summed E-state index contributed by atoms with van der Waals surface area (Å²) in [7, 11) is 0. The number of halogens is 3. The van der Waals surface area contributed by atoms with Crippen molar-refractivity contribution in [1.29, 1.82) is 0 Å². The Hall–Kier alpha value is -4.86. The lowest BCUT2D eigenvalue weighted by Crippen LogP contribution is -2.15. The van der Waals surface area contributed by atoms with Gasteiger partial charge in [0.1, 0.15) is 0 Å². The number of carbonyl (C=O) groups excluding carboxylic acids is 2. The molecule has 0 radical (unpaired) electrons. The molecule has 210 valence electrons. The van der Waals surface area contributed by atoms with Gasteiger partial charge in [0.2, 0.25) is 5.95 Å². The average molecular weight is 560 g/mol. The summed E-state index contributed by atoms with van der Waals surface area (Å²) in [6, 6.07) is 13.9. The molecular weight excluding hydrogens is 531 g/mol. The quantitative estimate of drug-likeness (QED) is 0.209. The lowest BCUT2D eigenvalue weighted by Gasteiger charge is -2.15. The fourth-order valence-electron chi connectivity index (χ4n) is 4.10. The van der Waals surface area contributed by atoms with Crippen molar-refractivity contribution in [1.82, 2.24) is 15.0 Å². The first-order chi connectivity index (χ1) is 19.5. The van der Waals surface area contributed by atoms with Crippen LogP contribution in [-0.4, -0.2) is 26.6 Å². The highest BCUT2D eigenvalue weighted by molar-refractivity contribution is 6.05. The van der Waals surface area contributed by atoms with Crippen LogP contribution in [0.1, 0.15) is 47.3 Å². The first-order valence-electron chi connectivity index (χ1n) is 12.8. The third-order valence-corrected chi connectivity index (χ3v) is 6.12. The van der Waals surface area contributed by atoms with Gasteiger partial charge in [-0.15, -0.1) is 0 Å². The van der Waals surface area contributed by atoms with Crippen LogP contribution in [-0.2, 0) is 17.4 Å². The van der Waals surface area contributed by atoms with Gasteiger partial charge in [0, 0.05) is 47.5 Å². The number of benzene rings is 2. The minimum Gasteiger partial charge on any atom is -0.324 e. The second-order valence-electron chi connectivity index (χ2n) is 9.67. The number of rotatable bonds is 9. The predicted octanol–water partition coefficient (Wildman–Crippen LogP) is 7.33. The topological polar surface area (TPSA) is 96.9 Å². The second-order valence-corrected chi connectivity index (χ2v) is 9.67. The SMILES string of the molecule is CC(C)=CC(=O)CCc1ccc(NC(=O)c2ccc(C)c(Nc3nccc(-c4cccnc4)n3)c2)cc1C(F)(F)F. The molecule has 2 heterocycles. The van der Waals surface area contributed by atoms with Crippen molar-refractivity contribution in [3.63, 3.8) is 0 Å². The summed E-state index contributed by atoms with van der Waals surface area (Å²) in [5, 5.41) is 5.66. The van der Waals surface area contributed by atoms with Crippen LogP contribution < -0.4 is 10.6 Å². The van der Waals surface area contributed by atoms with Crippen molar-refractivity contribution in [3.05, 3.63) is 107 Å². The monoisotopic (exact) mass is 559 g/mol. The highest BCUT2D eigenvalue weighted by Gasteiger charge is 2.33.